The van der Waals surface area contributed by atoms with Crippen molar-refractivity contribution in [2.75, 3.05) is 0 Å². The normalized spacial score (nSPS) is 22.0. The standard InChI is InChI=1S/2C16H21NO4/c2*1-11(2)21-16(18)14-5-3-12(4-6-14)13-7-9-15(10-8-13)17(19)20/h2*7-12,14H,3-6H2,1-2H3. The first-order chi connectivity index (χ1) is 19.9. The van der Waals surface area contributed by atoms with Gasteiger partial charge in [-0.25, -0.2) is 0 Å². The van der Waals surface area contributed by atoms with E-state index >= 15 is 0 Å². The van der Waals surface area contributed by atoms with Crippen LogP contribution >= 0.6 is 0 Å². The van der Waals surface area contributed by atoms with Gasteiger partial charge in [0.05, 0.1) is 33.9 Å². The summed E-state index contributed by atoms with van der Waals surface area (Å²) in [6.07, 6.45) is 6.88. The summed E-state index contributed by atoms with van der Waals surface area (Å²) in [7, 11) is 0. The third kappa shape index (κ3) is 9.63. The fourth-order valence-electron chi connectivity index (χ4n) is 5.72. The van der Waals surface area contributed by atoms with E-state index in [4.69, 9.17) is 9.47 Å². The number of hydrogen-bond donors (Lipinski definition) is 0. The minimum absolute atomic E-state index is 0.00157. The molecule has 0 radical (unpaired) electrons. The molecule has 0 saturated heterocycles. The maximum atomic E-state index is 11.9. The van der Waals surface area contributed by atoms with E-state index in [0.717, 1.165) is 62.5 Å². The molecular formula is C32H42N2O8. The number of nitro groups is 2. The molecule has 0 bridgehead atoms. The van der Waals surface area contributed by atoms with Crippen molar-refractivity contribution >= 4 is 23.3 Å². The van der Waals surface area contributed by atoms with Gasteiger partial charge in [-0.15, -0.1) is 0 Å². The lowest BCUT2D eigenvalue weighted by Crippen LogP contribution is -2.25. The molecule has 0 aromatic heterocycles. The van der Waals surface area contributed by atoms with Crippen molar-refractivity contribution in [2.45, 2.75) is 103 Å². The van der Waals surface area contributed by atoms with E-state index in [1.807, 2.05) is 52.0 Å². The Kier molecular flexibility index (Phi) is 12.0. The fourth-order valence-corrected chi connectivity index (χ4v) is 5.72. The third-order valence-electron chi connectivity index (χ3n) is 7.98. The SMILES string of the molecule is CC(C)OC(=O)C1CCC(c2ccc([N+](=O)[O-])cc2)CC1.CC(C)OC(=O)C1CCC(c2ccc([N+](=O)[O-])cc2)CC1. The minimum Gasteiger partial charge on any atom is -0.463 e. The van der Waals surface area contributed by atoms with Crippen molar-refractivity contribution in [1.82, 2.24) is 0 Å². The molecule has 2 aliphatic rings. The predicted octanol–water partition coefficient (Wildman–Crippen LogP) is 7.64. The van der Waals surface area contributed by atoms with Gasteiger partial charge in [0.2, 0.25) is 0 Å². The van der Waals surface area contributed by atoms with Gasteiger partial charge in [-0.2, -0.15) is 0 Å². The molecule has 2 fully saturated rings. The molecule has 2 aromatic carbocycles. The van der Waals surface area contributed by atoms with Crippen molar-refractivity contribution in [1.29, 1.82) is 0 Å². The Labute approximate surface area is 247 Å². The molecule has 0 aliphatic heterocycles. The first-order valence-corrected chi connectivity index (χ1v) is 14.8. The Morgan fingerprint density at radius 2 is 0.881 bits per heavy atom. The largest absolute Gasteiger partial charge is 0.463 e. The van der Waals surface area contributed by atoms with E-state index in [1.54, 1.807) is 24.3 Å². The molecule has 0 spiro atoms. The van der Waals surface area contributed by atoms with Gasteiger partial charge in [0.25, 0.3) is 11.4 Å². The number of esters is 2. The van der Waals surface area contributed by atoms with Crippen molar-refractivity contribution in [3.63, 3.8) is 0 Å². The maximum absolute atomic E-state index is 11.9. The van der Waals surface area contributed by atoms with Crippen LogP contribution in [0.1, 0.15) is 102 Å². The van der Waals surface area contributed by atoms with Crippen molar-refractivity contribution in [3.05, 3.63) is 79.9 Å². The summed E-state index contributed by atoms with van der Waals surface area (Å²) in [6, 6.07) is 13.5. The van der Waals surface area contributed by atoms with E-state index in [0.29, 0.717) is 11.8 Å². The number of nitro benzene ring substituents is 2. The average molecular weight is 583 g/mol. The van der Waals surface area contributed by atoms with E-state index in [1.165, 1.54) is 0 Å². The quantitative estimate of drug-likeness (QED) is 0.176. The lowest BCUT2D eigenvalue weighted by Gasteiger charge is -2.28. The topological polar surface area (TPSA) is 139 Å². The van der Waals surface area contributed by atoms with Crippen LogP contribution in [0.2, 0.25) is 0 Å². The van der Waals surface area contributed by atoms with Gasteiger partial charge in [0, 0.05) is 24.3 Å². The van der Waals surface area contributed by atoms with Gasteiger partial charge in [-0.1, -0.05) is 24.3 Å². The second-order valence-corrected chi connectivity index (χ2v) is 11.8. The first kappa shape index (κ1) is 32.7. The van der Waals surface area contributed by atoms with Crippen molar-refractivity contribution in [3.8, 4) is 0 Å². The maximum Gasteiger partial charge on any atom is 0.309 e. The molecule has 0 unspecified atom stereocenters. The summed E-state index contributed by atoms with van der Waals surface area (Å²) in [5.74, 6) is 0.588. The van der Waals surface area contributed by atoms with Crippen LogP contribution in [0.3, 0.4) is 0 Å². The van der Waals surface area contributed by atoms with E-state index in [2.05, 4.69) is 0 Å². The zero-order valence-corrected chi connectivity index (χ0v) is 24.9. The van der Waals surface area contributed by atoms with Crippen LogP contribution in [-0.4, -0.2) is 34.0 Å². The molecule has 0 amide bonds. The lowest BCUT2D eigenvalue weighted by molar-refractivity contribution is -0.385. The number of non-ortho nitro benzene ring substituents is 2. The highest BCUT2D eigenvalue weighted by molar-refractivity contribution is 5.73. The number of carbonyl (C=O) groups is 2. The van der Waals surface area contributed by atoms with E-state index in [9.17, 15) is 29.8 Å². The van der Waals surface area contributed by atoms with Gasteiger partial charge in [-0.3, -0.25) is 29.8 Å². The number of carbonyl (C=O) groups excluding carboxylic acids is 2. The van der Waals surface area contributed by atoms with Gasteiger partial charge in [0.15, 0.2) is 0 Å². The first-order valence-electron chi connectivity index (χ1n) is 14.8. The Morgan fingerprint density at radius 3 is 1.12 bits per heavy atom. The summed E-state index contributed by atoms with van der Waals surface area (Å²) in [4.78, 5) is 44.3. The Hall–Kier alpha value is -3.82. The molecule has 2 saturated carbocycles. The van der Waals surface area contributed by atoms with Crippen LogP contribution < -0.4 is 0 Å². The van der Waals surface area contributed by atoms with E-state index < -0.39 is 0 Å². The Balaban J connectivity index is 0.000000230. The molecule has 4 rings (SSSR count). The van der Waals surface area contributed by atoms with Gasteiger partial charge >= 0.3 is 11.9 Å². The molecule has 0 N–H and O–H groups in total. The van der Waals surface area contributed by atoms with Crippen LogP contribution in [-0.2, 0) is 19.1 Å². The molecule has 2 aromatic rings. The monoisotopic (exact) mass is 582 g/mol. The van der Waals surface area contributed by atoms with Crippen LogP contribution in [0.5, 0.6) is 0 Å². The number of nitrogens with zero attached hydrogens (tertiary/aromatic N) is 2. The zero-order chi connectivity index (χ0) is 30.8. The fraction of sp³-hybridized carbons (Fsp3) is 0.562. The Morgan fingerprint density at radius 1 is 0.595 bits per heavy atom. The van der Waals surface area contributed by atoms with Crippen LogP contribution in [0.15, 0.2) is 48.5 Å². The summed E-state index contributed by atoms with van der Waals surface area (Å²) in [6.45, 7) is 7.45. The molecule has 0 heterocycles. The summed E-state index contributed by atoms with van der Waals surface area (Å²) in [5.41, 5.74) is 2.48. The third-order valence-corrected chi connectivity index (χ3v) is 7.98. The second-order valence-electron chi connectivity index (χ2n) is 11.8. The second kappa shape index (κ2) is 15.4. The molecule has 2 aliphatic carbocycles. The van der Waals surface area contributed by atoms with Gasteiger partial charge in [-0.05, 0) is 102 Å². The highest BCUT2D eigenvalue weighted by Crippen LogP contribution is 2.38. The lowest BCUT2D eigenvalue weighted by atomic mass is 9.78. The van der Waals surface area contributed by atoms with Gasteiger partial charge < -0.3 is 9.47 Å². The highest BCUT2D eigenvalue weighted by atomic mass is 16.6. The Bertz CT molecular complexity index is 1100. The van der Waals surface area contributed by atoms with Crippen molar-refractivity contribution in [2.24, 2.45) is 11.8 Å². The number of hydrogen-bond acceptors (Lipinski definition) is 8. The van der Waals surface area contributed by atoms with E-state index in [-0.39, 0.29) is 57.2 Å². The number of ether oxygens (including phenoxy) is 2. The van der Waals surface area contributed by atoms with Crippen LogP contribution in [0.25, 0.3) is 0 Å². The van der Waals surface area contributed by atoms with Crippen LogP contribution in [0, 0.1) is 32.1 Å². The molecular weight excluding hydrogens is 540 g/mol. The smallest absolute Gasteiger partial charge is 0.309 e. The molecule has 10 nitrogen and oxygen atoms in total. The zero-order valence-electron chi connectivity index (χ0n) is 24.9. The molecule has 0 atom stereocenters. The number of rotatable bonds is 8. The minimum atomic E-state index is -0.386. The predicted molar refractivity (Wildman–Crippen MR) is 158 cm³/mol. The molecule has 42 heavy (non-hydrogen) atoms. The molecule has 10 heteroatoms. The summed E-state index contributed by atoms with van der Waals surface area (Å²) < 4.78 is 10.5. The summed E-state index contributed by atoms with van der Waals surface area (Å²) >= 11 is 0. The van der Waals surface area contributed by atoms with Crippen LogP contribution in [0.4, 0.5) is 11.4 Å². The number of benzene rings is 2. The highest BCUT2D eigenvalue weighted by Gasteiger charge is 2.30. The average Bonchev–Trinajstić information content (AvgIpc) is 2.97. The van der Waals surface area contributed by atoms with Gasteiger partial charge in [0.1, 0.15) is 0 Å². The van der Waals surface area contributed by atoms with Crippen molar-refractivity contribution < 1.29 is 28.9 Å². The summed E-state index contributed by atoms with van der Waals surface area (Å²) in [5, 5.41) is 21.3. The molecule has 228 valence electrons.